The summed E-state index contributed by atoms with van der Waals surface area (Å²) in [6.45, 7) is 0. The van der Waals surface area contributed by atoms with Crippen LogP contribution in [0.1, 0.15) is 0 Å². The summed E-state index contributed by atoms with van der Waals surface area (Å²) < 4.78 is 56.8. The molecule has 0 bridgehead atoms. The van der Waals surface area contributed by atoms with Crippen LogP contribution in [-0.4, -0.2) is 43.0 Å². The summed E-state index contributed by atoms with van der Waals surface area (Å²) in [5, 5.41) is 37.5. The zero-order valence-corrected chi connectivity index (χ0v) is 23.4. The molecule has 0 saturated carbocycles. The summed E-state index contributed by atoms with van der Waals surface area (Å²) in [5.74, 6) is -1.91. The van der Waals surface area contributed by atoms with Crippen molar-refractivity contribution < 1.29 is 95.8 Å². The van der Waals surface area contributed by atoms with E-state index in [1.807, 2.05) is 0 Å². The number of hydrogen-bond acceptors (Lipinski definition) is 9. The summed E-state index contributed by atoms with van der Waals surface area (Å²) in [7, 11) is -8.74. The normalized spacial score (nSPS) is 11.8. The van der Waals surface area contributed by atoms with Gasteiger partial charge in [-0.2, -0.15) is 8.42 Å². The first kappa shape index (κ1) is 29.1. The molecule has 0 unspecified atom stereocenters. The zero-order valence-electron chi connectivity index (χ0n) is 17.0. The molecular formula is C17H13ClN2Na2O8S2+2. The van der Waals surface area contributed by atoms with Gasteiger partial charge in [-0.25, -0.2) is 8.42 Å². The predicted molar refractivity (Wildman–Crippen MR) is 107 cm³/mol. The predicted octanol–water partition coefficient (Wildman–Crippen LogP) is -2.32. The number of rotatable bonds is 4. The van der Waals surface area contributed by atoms with Crippen molar-refractivity contribution in [2.24, 2.45) is 10.2 Å². The van der Waals surface area contributed by atoms with Crippen LogP contribution in [0, 0.1) is 0 Å². The van der Waals surface area contributed by atoms with E-state index in [4.69, 9.17) is 11.6 Å². The monoisotopic (exact) mass is 518 g/mol. The Bertz CT molecular complexity index is 1440. The third kappa shape index (κ3) is 6.14. The number of benzene rings is 3. The first-order chi connectivity index (χ1) is 13.8. The Morgan fingerprint density at radius 3 is 2.06 bits per heavy atom. The van der Waals surface area contributed by atoms with Gasteiger partial charge in [0.2, 0.25) is 0 Å². The first-order valence-electron chi connectivity index (χ1n) is 7.89. The Morgan fingerprint density at radius 1 is 0.875 bits per heavy atom. The van der Waals surface area contributed by atoms with E-state index in [2.05, 4.69) is 10.2 Å². The van der Waals surface area contributed by atoms with Crippen LogP contribution in [-0.2, 0) is 20.0 Å². The molecule has 0 aliphatic rings. The largest absolute Gasteiger partial charge is 1.00 e. The molecule has 0 saturated heterocycles. The van der Waals surface area contributed by atoms with Crippen molar-refractivity contribution >= 4 is 53.7 Å². The number of azo groups is 1. The smallest absolute Gasteiger partial charge is 0.507 e. The summed E-state index contributed by atoms with van der Waals surface area (Å²) in [6, 6.07) is 6.49. The second kappa shape index (κ2) is 10.6. The van der Waals surface area contributed by atoms with E-state index < -0.39 is 42.0 Å². The Labute approximate surface area is 232 Å². The van der Waals surface area contributed by atoms with Gasteiger partial charge in [-0.05, 0) is 41.8 Å². The molecular weight excluding hydrogens is 506 g/mol. The summed E-state index contributed by atoms with van der Waals surface area (Å²) in [5.41, 5.74) is -0.910. The Kier molecular flexibility index (Phi) is 9.60. The van der Waals surface area contributed by atoms with Crippen molar-refractivity contribution in [2.75, 3.05) is 6.26 Å². The molecule has 10 nitrogen and oxygen atoms in total. The molecule has 0 fully saturated rings. The molecule has 0 heterocycles. The van der Waals surface area contributed by atoms with Crippen LogP contribution in [0.4, 0.5) is 11.4 Å². The quantitative estimate of drug-likeness (QED) is 0.169. The van der Waals surface area contributed by atoms with E-state index in [9.17, 15) is 36.7 Å². The van der Waals surface area contributed by atoms with Crippen LogP contribution in [0.3, 0.4) is 0 Å². The summed E-state index contributed by atoms with van der Waals surface area (Å²) in [6.07, 6.45) is 0.872. The van der Waals surface area contributed by atoms with E-state index in [1.165, 1.54) is 18.2 Å². The number of sulfone groups is 1. The number of aromatic hydroxyl groups is 3. The number of hydrogen-bond donors (Lipinski definition) is 4. The van der Waals surface area contributed by atoms with E-state index in [0.29, 0.717) is 0 Å². The van der Waals surface area contributed by atoms with Crippen molar-refractivity contribution in [3.05, 3.63) is 41.4 Å². The third-order valence-corrected chi connectivity index (χ3v) is 6.20. The van der Waals surface area contributed by atoms with Gasteiger partial charge in [-0.3, -0.25) is 4.55 Å². The van der Waals surface area contributed by atoms with Gasteiger partial charge in [0, 0.05) is 11.3 Å². The molecule has 0 spiro atoms. The second-order valence-electron chi connectivity index (χ2n) is 6.19. The molecule has 3 aromatic rings. The van der Waals surface area contributed by atoms with Gasteiger partial charge in [0.05, 0.1) is 10.3 Å². The molecule has 158 valence electrons. The molecule has 32 heavy (non-hydrogen) atoms. The number of fused-ring (bicyclic) bond motifs is 1. The SMILES string of the molecule is CS(=O)(=O)c1cc(O)c2c(O)c(N=Nc3cc(Cl)ccc3O)c(S(=O)(=O)O)cc2c1.[Na+].[Na+]. The fourth-order valence-corrected chi connectivity index (χ4v) is 4.12. The van der Waals surface area contributed by atoms with E-state index in [1.54, 1.807) is 0 Å². The Hall–Kier alpha value is -0.930. The number of phenols is 3. The van der Waals surface area contributed by atoms with E-state index in [0.717, 1.165) is 24.5 Å². The molecule has 0 aromatic heterocycles. The molecule has 3 rings (SSSR count). The fourth-order valence-electron chi connectivity index (χ4n) is 2.63. The van der Waals surface area contributed by atoms with Gasteiger partial charge < -0.3 is 15.3 Å². The second-order valence-corrected chi connectivity index (χ2v) is 10.0. The van der Waals surface area contributed by atoms with Crippen molar-refractivity contribution in [3.8, 4) is 17.2 Å². The number of nitrogens with zero attached hydrogens (tertiary/aromatic N) is 2. The van der Waals surface area contributed by atoms with Crippen LogP contribution in [0.2, 0.25) is 5.02 Å². The van der Waals surface area contributed by atoms with Crippen LogP contribution in [0.25, 0.3) is 10.8 Å². The number of halogens is 1. The fraction of sp³-hybridized carbons (Fsp3) is 0.0588. The molecule has 0 radical (unpaired) electrons. The first-order valence-corrected chi connectivity index (χ1v) is 11.6. The van der Waals surface area contributed by atoms with Crippen LogP contribution >= 0.6 is 11.6 Å². The van der Waals surface area contributed by atoms with Crippen LogP contribution in [0.15, 0.2) is 56.4 Å². The Morgan fingerprint density at radius 2 is 1.50 bits per heavy atom. The molecule has 0 aliphatic heterocycles. The maximum absolute atomic E-state index is 11.8. The maximum atomic E-state index is 11.8. The van der Waals surface area contributed by atoms with Crippen LogP contribution < -0.4 is 59.1 Å². The van der Waals surface area contributed by atoms with Crippen LogP contribution in [0.5, 0.6) is 17.2 Å². The van der Waals surface area contributed by atoms with Crippen molar-refractivity contribution in [1.29, 1.82) is 0 Å². The maximum Gasteiger partial charge on any atom is 1.00 e. The minimum Gasteiger partial charge on any atom is -0.507 e. The third-order valence-electron chi connectivity index (χ3n) is 4.00. The average molecular weight is 519 g/mol. The van der Waals surface area contributed by atoms with E-state index in [-0.39, 0.29) is 91.2 Å². The van der Waals surface area contributed by atoms with Crippen molar-refractivity contribution in [1.82, 2.24) is 0 Å². The van der Waals surface area contributed by atoms with Gasteiger partial charge in [0.1, 0.15) is 27.8 Å². The molecule has 0 atom stereocenters. The minimum absolute atomic E-state index is 0. The Balaban J connectivity index is 0.00000256. The molecule has 0 amide bonds. The van der Waals surface area contributed by atoms with E-state index >= 15 is 0 Å². The van der Waals surface area contributed by atoms with Gasteiger partial charge in [0.15, 0.2) is 15.6 Å². The van der Waals surface area contributed by atoms with Gasteiger partial charge >= 0.3 is 59.1 Å². The topological polar surface area (TPSA) is 174 Å². The standard InChI is InChI=1S/C17H13ClN2O8S2.2Na/c1-29(24,25)10-4-8-5-14(30(26,27)28)16(17(23)15(8)13(22)7-10)20-19-11-6-9(18)2-3-12(11)21;;/h2-7,21-23H,1H3,(H,26,27,28);;/q;2*+1. The zero-order chi connectivity index (χ0) is 22.4. The van der Waals surface area contributed by atoms with Crippen molar-refractivity contribution in [2.45, 2.75) is 9.79 Å². The number of phenolic OH excluding ortho intramolecular Hbond substituents is 3. The summed E-state index contributed by atoms with van der Waals surface area (Å²) >= 11 is 5.80. The van der Waals surface area contributed by atoms with Gasteiger partial charge in [-0.1, -0.05) is 11.6 Å². The van der Waals surface area contributed by atoms with Crippen molar-refractivity contribution in [3.63, 3.8) is 0 Å². The molecule has 15 heteroatoms. The minimum atomic E-state index is -4.96. The summed E-state index contributed by atoms with van der Waals surface area (Å²) in [4.78, 5) is -1.24. The molecule has 0 aliphatic carbocycles. The van der Waals surface area contributed by atoms with Gasteiger partial charge in [0.25, 0.3) is 10.1 Å². The average Bonchev–Trinajstić information content (AvgIpc) is 2.61. The molecule has 4 N–H and O–H groups in total. The van der Waals surface area contributed by atoms with Gasteiger partial charge in [-0.15, -0.1) is 10.2 Å². The molecule has 3 aromatic carbocycles.